The van der Waals surface area contributed by atoms with Crippen molar-refractivity contribution < 1.29 is 26.4 Å². The fraction of sp³-hybridized carbons (Fsp3) is 0.619. The molecule has 3 aliphatic carbocycles. The van der Waals surface area contributed by atoms with Gasteiger partial charge in [-0.05, 0) is 77.5 Å². The van der Waals surface area contributed by atoms with Crippen molar-refractivity contribution in [1.29, 1.82) is 5.26 Å². The first-order chi connectivity index (χ1) is 14.1. The summed E-state index contributed by atoms with van der Waals surface area (Å²) in [5.41, 5.74) is -2.51. The molecule has 0 aromatic heterocycles. The molecule has 6 nitrogen and oxygen atoms in total. The molecule has 0 aliphatic heterocycles. The first-order valence-corrected chi connectivity index (χ1v) is 11.6. The zero-order valence-electron chi connectivity index (χ0n) is 17.7. The van der Waals surface area contributed by atoms with Crippen LogP contribution in [0.2, 0.25) is 0 Å². The highest BCUT2D eigenvalue weighted by Crippen LogP contribution is 2.52. The lowest BCUT2D eigenvalue weighted by atomic mass is 9.58. The number of carbonyl (C=O) groups is 1. The van der Waals surface area contributed by atoms with Gasteiger partial charge in [-0.15, -0.1) is 0 Å². The van der Waals surface area contributed by atoms with E-state index in [1.54, 1.807) is 0 Å². The summed E-state index contributed by atoms with van der Waals surface area (Å²) >= 11 is 0. The number of hydrogen-bond acceptors (Lipinski definition) is 4. The van der Waals surface area contributed by atoms with Crippen molar-refractivity contribution in [2.24, 2.45) is 5.41 Å². The maximum absolute atomic E-state index is 13.2. The third-order valence-corrected chi connectivity index (χ3v) is 8.61. The normalized spacial score (nSPS) is 26.2. The number of fused-ring (bicyclic) bond motifs is 3. The summed E-state index contributed by atoms with van der Waals surface area (Å²) in [7, 11) is -4.06. The Bertz CT molecular complexity index is 1010. The Balaban J connectivity index is 1.93. The van der Waals surface area contributed by atoms with E-state index in [1.807, 2.05) is 0 Å². The summed E-state index contributed by atoms with van der Waals surface area (Å²) in [6, 6.07) is 4.80. The van der Waals surface area contributed by atoms with Crippen molar-refractivity contribution in [3.8, 4) is 6.07 Å². The molecular formula is C21H26F3N3O3S. The number of amides is 1. The molecule has 0 saturated heterocycles. The Morgan fingerprint density at radius 1 is 1.06 bits per heavy atom. The fourth-order valence-electron chi connectivity index (χ4n) is 4.15. The van der Waals surface area contributed by atoms with Crippen molar-refractivity contribution in [3.05, 3.63) is 29.3 Å². The molecule has 2 N–H and O–H groups in total. The Kier molecular flexibility index (Phi) is 5.58. The Labute approximate surface area is 180 Å². The van der Waals surface area contributed by atoms with Gasteiger partial charge in [-0.3, -0.25) is 9.52 Å². The van der Waals surface area contributed by atoms with Crippen LogP contribution in [0.15, 0.2) is 18.2 Å². The molecule has 3 saturated carbocycles. The highest BCUT2D eigenvalue weighted by atomic mass is 32.2. The minimum Gasteiger partial charge on any atom is -0.347 e. The summed E-state index contributed by atoms with van der Waals surface area (Å²) in [6.07, 6.45) is -0.911. The van der Waals surface area contributed by atoms with E-state index in [9.17, 15) is 31.6 Å². The molecule has 0 heterocycles. The lowest BCUT2D eigenvalue weighted by molar-refractivity contribution is -0.137. The smallest absolute Gasteiger partial charge is 0.347 e. The Morgan fingerprint density at radius 2 is 1.61 bits per heavy atom. The zero-order valence-corrected chi connectivity index (χ0v) is 18.5. The van der Waals surface area contributed by atoms with Crippen LogP contribution in [0.25, 0.3) is 0 Å². The van der Waals surface area contributed by atoms with Crippen LogP contribution in [-0.2, 0) is 16.2 Å². The second kappa shape index (κ2) is 7.40. The first kappa shape index (κ1) is 23.4. The quantitative estimate of drug-likeness (QED) is 0.691. The van der Waals surface area contributed by atoms with E-state index >= 15 is 0 Å². The van der Waals surface area contributed by atoms with Gasteiger partial charge < -0.3 is 5.32 Å². The molecule has 0 spiro atoms. The number of nitrogens with zero attached hydrogens (tertiary/aromatic N) is 1. The predicted molar refractivity (Wildman–Crippen MR) is 110 cm³/mol. The van der Waals surface area contributed by atoms with Gasteiger partial charge in [0.25, 0.3) is 5.91 Å². The maximum atomic E-state index is 13.2. The zero-order chi connectivity index (χ0) is 23.3. The molecule has 0 unspecified atom stereocenters. The van der Waals surface area contributed by atoms with Crippen LogP contribution in [0, 0.1) is 16.7 Å². The van der Waals surface area contributed by atoms with Crippen molar-refractivity contribution >= 4 is 21.6 Å². The van der Waals surface area contributed by atoms with Crippen molar-refractivity contribution in [2.75, 3.05) is 4.72 Å². The highest BCUT2D eigenvalue weighted by molar-refractivity contribution is 7.94. The van der Waals surface area contributed by atoms with Gasteiger partial charge in [-0.25, -0.2) is 8.42 Å². The molecule has 1 amide bonds. The number of carbonyl (C=O) groups excluding carboxylic acids is 1. The van der Waals surface area contributed by atoms with Crippen LogP contribution in [-0.4, -0.2) is 24.6 Å². The largest absolute Gasteiger partial charge is 0.416 e. The van der Waals surface area contributed by atoms with Gasteiger partial charge in [-0.1, -0.05) is 0 Å². The van der Waals surface area contributed by atoms with Crippen LogP contribution in [0.5, 0.6) is 0 Å². The Hall–Kier alpha value is -2.28. The lowest BCUT2D eigenvalue weighted by Gasteiger charge is -2.50. The van der Waals surface area contributed by atoms with E-state index in [1.165, 1.54) is 20.8 Å². The second-order valence-electron chi connectivity index (χ2n) is 9.60. The molecule has 2 bridgehead atoms. The number of rotatable bonds is 4. The minimum atomic E-state index is -4.69. The molecule has 1 aromatic rings. The van der Waals surface area contributed by atoms with Crippen LogP contribution in [0.4, 0.5) is 18.9 Å². The molecule has 0 atom stereocenters. The Morgan fingerprint density at radius 3 is 2.06 bits per heavy atom. The first-order valence-electron chi connectivity index (χ1n) is 10.1. The second-order valence-corrected chi connectivity index (χ2v) is 12.0. The molecule has 3 fully saturated rings. The monoisotopic (exact) mass is 457 g/mol. The standard InChI is InChI=1S/C21H26F3N3O3S/c1-18(2,3)31(29,30)27-16-12-14(21(22,23)24)4-5-15(16)17(28)26-20-9-6-19(13-25,7-10-20)8-11-20/h4-5,12,27H,6-11H2,1-3H3,(H,26,28). The molecule has 1 aromatic carbocycles. The molecule has 31 heavy (non-hydrogen) atoms. The van der Waals surface area contributed by atoms with Gasteiger partial charge in [0.15, 0.2) is 0 Å². The van der Waals surface area contributed by atoms with E-state index < -0.39 is 43.6 Å². The third kappa shape index (κ3) is 4.52. The van der Waals surface area contributed by atoms with Gasteiger partial charge in [0.05, 0.1) is 33.0 Å². The van der Waals surface area contributed by atoms with Crippen molar-refractivity contribution in [3.63, 3.8) is 0 Å². The molecule has 4 rings (SSSR count). The number of nitriles is 1. The average Bonchev–Trinajstić information content (AvgIpc) is 2.67. The fourth-order valence-corrected chi connectivity index (χ4v) is 4.91. The van der Waals surface area contributed by atoms with Gasteiger partial charge in [0, 0.05) is 5.54 Å². The van der Waals surface area contributed by atoms with Crippen molar-refractivity contribution in [1.82, 2.24) is 5.32 Å². The van der Waals surface area contributed by atoms with Crippen molar-refractivity contribution in [2.45, 2.75) is 75.8 Å². The summed E-state index contributed by atoms with van der Waals surface area (Å²) in [5.74, 6) is -0.633. The predicted octanol–water partition coefficient (Wildman–Crippen LogP) is 4.59. The van der Waals surface area contributed by atoms with Crippen LogP contribution < -0.4 is 10.0 Å². The number of sulfonamides is 1. The SMILES string of the molecule is CC(C)(C)S(=O)(=O)Nc1cc(C(F)(F)F)ccc1C(=O)NC12CCC(C#N)(CC1)CC2. The molecular weight excluding hydrogens is 431 g/mol. The number of alkyl halides is 3. The van der Waals surface area contributed by atoms with E-state index in [4.69, 9.17) is 0 Å². The topological polar surface area (TPSA) is 99.1 Å². The van der Waals surface area contributed by atoms with Crippen LogP contribution in [0.1, 0.15) is 75.2 Å². The molecule has 10 heteroatoms. The maximum Gasteiger partial charge on any atom is 0.416 e. The number of halogens is 3. The number of benzene rings is 1. The van der Waals surface area contributed by atoms with Crippen LogP contribution in [0.3, 0.4) is 0 Å². The number of anilines is 1. The minimum absolute atomic E-state index is 0.169. The third-order valence-electron chi connectivity index (χ3n) is 6.50. The van der Waals surface area contributed by atoms with Gasteiger partial charge in [0.2, 0.25) is 10.0 Å². The molecule has 3 aliphatic rings. The summed E-state index contributed by atoms with van der Waals surface area (Å²) < 4.78 is 65.7. The van der Waals surface area contributed by atoms with E-state index in [0.717, 1.165) is 12.1 Å². The summed E-state index contributed by atoms with van der Waals surface area (Å²) in [4.78, 5) is 13.1. The van der Waals surface area contributed by atoms with E-state index in [2.05, 4.69) is 16.1 Å². The average molecular weight is 458 g/mol. The molecule has 170 valence electrons. The number of nitrogens with one attached hydrogen (secondary N) is 2. The van der Waals surface area contributed by atoms with Gasteiger partial charge >= 0.3 is 6.18 Å². The van der Waals surface area contributed by atoms with Gasteiger partial charge in [-0.2, -0.15) is 18.4 Å². The molecule has 0 radical (unpaired) electrons. The number of hydrogen-bond donors (Lipinski definition) is 2. The lowest BCUT2D eigenvalue weighted by Crippen LogP contribution is -2.56. The highest BCUT2D eigenvalue weighted by Gasteiger charge is 2.49. The summed E-state index contributed by atoms with van der Waals surface area (Å²) in [5, 5.41) is 12.4. The van der Waals surface area contributed by atoms with E-state index in [0.29, 0.717) is 44.6 Å². The van der Waals surface area contributed by atoms with Gasteiger partial charge in [0.1, 0.15) is 0 Å². The van der Waals surface area contributed by atoms with E-state index in [-0.39, 0.29) is 11.0 Å². The van der Waals surface area contributed by atoms with Crippen LogP contribution >= 0.6 is 0 Å². The summed E-state index contributed by atoms with van der Waals surface area (Å²) in [6.45, 7) is 4.23.